The summed E-state index contributed by atoms with van der Waals surface area (Å²) in [4.78, 5) is 15.6. The molecule has 100 valence electrons. The zero-order valence-electron chi connectivity index (χ0n) is 11.0. The Morgan fingerprint density at radius 2 is 2.11 bits per heavy atom. The van der Waals surface area contributed by atoms with Gasteiger partial charge in [0, 0.05) is 30.3 Å². The fourth-order valence-corrected chi connectivity index (χ4v) is 2.56. The predicted molar refractivity (Wildman–Crippen MR) is 74.2 cm³/mol. The number of ether oxygens (including phenoxy) is 1. The molecule has 0 saturated carbocycles. The molecule has 0 atom stereocenters. The highest BCUT2D eigenvalue weighted by Crippen LogP contribution is 2.22. The van der Waals surface area contributed by atoms with E-state index in [4.69, 9.17) is 4.74 Å². The molecule has 3 rings (SSSR count). The van der Waals surface area contributed by atoms with E-state index in [1.165, 1.54) is 0 Å². The van der Waals surface area contributed by atoms with E-state index < -0.39 is 0 Å². The maximum absolute atomic E-state index is 12.5. The van der Waals surface area contributed by atoms with Crippen molar-refractivity contribution in [3.05, 3.63) is 36.0 Å². The highest BCUT2D eigenvalue weighted by molar-refractivity contribution is 6.05. The number of benzene rings is 1. The standard InChI is InChI=1S/C15H18N2O2/c1-15(6-9-19-10-7-15)17-14(18)12-4-2-3-11-5-8-16-13(11)12/h2-5,8,16H,6-7,9-10H2,1H3,(H,17,18). The molecule has 4 heteroatoms. The molecule has 1 amide bonds. The monoisotopic (exact) mass is 258 g/mol. The third-order valence-corrected chi connectivity index (χ3v) is 3.84. The SMILES string of the molecule is CC1(NC(=O)c2cccc3cc[nH]c23)CCOCC1. The molecule has 2 N–H and O–H groups in total. The first-order valence-electron chi connectivity index (χ1n) is 6.64. The maximum Gasteiger partial charge on any atom is 0.253 e. The molecular weight excluding hydrogens is 240 g/mol. The molecule has 1 fully saturated rings. The zero-order chi connectivity index (χ0) is 13.3. The third kappa shape index (κ3) is 2.36. The van der Waals surface area contributed by atoms with Gasteiger partial charge in [0.1, 0.15) is 0 Å². The molecule has 1 aliphatic rings. The average molecular weight is 258 g/mol. The summed E-state index contributed by atoms with van der Waals surface area (Å²) in [6, 6.07) is 7.75. The Morgan fingerprint density at radius 1 is 1.32 bits per heavy atom. The number of carbonyl (C=O) groups excluding carboxylic acids is 1. The van der Waals surface area contributed by atoms with Crippen molar-refractivity contribution in [3.8, 4) is 0 Å². The van der Waals surface area contributed by atoms with E-state index in [9.17, 15) is 4.79 Å². The number of nitrogens with one attached hydrogen (secondary N) is 2. The van der Waals surface area contributed by atoms with Crippen LogP contribution in [-0.4, -0.2) is 29.6 Å². The summed E-state index contributed by atoms with van der Waals surface area (Å²) in [5.41, 5.74) is 1.44. The van der Waals surface area contributed by atoms with Crippen LogP contribution in [0.2, 0.25) is 0 Å². The van der Waals surface area contributed by atoms with Crippen LogP contribution < -0.4 is 5.32 Å². The molecule has 1 aliphatic heterocycles. The van der Waals surface area contributed by atoms with Crippen LogP contribution in [0.3, 0.4) is 0 Å². The van der Waals surface area contributed by atoms with Gasteiger partial charge in [0.2, 0.25) is 0 Å². The fraction of sp³-hybridized carbons (Fsp3) is 0.400. The summed E-state index contributed by atoms with van der Waals surface area (Å²) in [7, 11) is 0. The second-order valence-corrected chi connectivity index (χ2v) is 5.37. The number of aromatic amines is 1. The smallest absolute Gasteiger partial charge is 0.253 e. The van der Waals surface area contributed by atoms with Gasteiger partial charge in [-0.1, -0.05) is 12.1 Å². The first-order chi connectivity index (χ1) is 9.18. The highest BCUT2D eigenvalue weighted by atomic mass is 16.5. The summed E-state index contributed by atoms with van der Waals surface area (Å²) in [5, 5.41) is 4.21. The van der Waals surface area contributed by atoms with Gasteiger partial charge in [0.15, 0.2) is 0 Å². The Balaban J connectivity index is 1.85. The van der Waals surface area contributed by atoms with Gasteiger partial charge in [0.05, 0.1) is 11.1 Å². The minimum Gasteiger partial charge on any atom is -0.381 e. The summed E-state index contributed by atoms with van der Waals surface area (Å²) >= 11 is 0. The molecule has 1 aromatic carbocycles. The molecule has 0 unspecified atom stereocenters. The van der Waals surface area contributed by atoms with Crippen LogP contribution in [0.25, 0.3) is 10.9 Å². The van der Waals surface area contributed by atoms with Crippen molar-refractivity contribution >= 4 is 16.8 Å². The number of hydrogen-bond donors (Lipinski definition) is 2. The van der Waals surface area contributed by atoms with Crippen LogP contribution in [0, 0.1) is 0 Å². The van der Waals surface area contributed by atoms with E-state index in [1.54, 1.807) is 0 Å². The van der Waals surface area contributed by atoms with Crippen molar-refractivity contribution in [2.75, 3.05) is 13.2 Å². The molecule has 0 bridgehead atoms. The number of carbonyl (C=O) groups is 1. The Kier molecular flexibility index (Phi) is 3.03. The fourth-order valence-electron chi connectivity index (χ4n) is 2.56. The van der Waals surface area contributed by atoms with E-state index in [0.29, 0.717) is 18.8 Å². The van der Waals surface area contributed by atoms with Gasteiger partial charge in [-0.15, -0.1) is 0 Å². The largest absolute Gasteiger partial charge is 0.381 e. The molecule has 19 heavy (non-hydrogen) atoms. The van der Waals surface area contributed by atoms with Gasteiger partial charge in [-0.2, -0.15) is 0 Å². The number of hydrogen-bond acceptors (Lipinski definition) is 2. The van der Waals surface area contributed by atoms with Crippen molar-refractivity contribution in [1.29, 1.82) is 0 Å². The van der Waals surface area contributed by atoms with Crippen LogP contribution >= 0.6 is 0 Å². The first-order valence-corrected chi connectivity index (χ1v) is 6.64. The van der Waals surface area contributed by atoms with E-state index in [1.807, 2.05) is 30.5 Å². The first kappa shape index (κ1) is 12.2. The lowest BCUT2D eigenvalue weighted by Gasteiger charge is -2.34. The van der Waals surface area contributed by atoms with Crippen LogP contribution in [0.1, 0.15) is 30.1 Å². The number of para-hydroxylation sites is 1. The van der Waals surface area contributed by atoms with Gasteiger partial charge in [-0.25, -0.2) is 0 Å². The molecule has 1 aromatic heterocycles. The minimum absolute atomic E-state index is 0.0162. The zero-order valence-corrected chi connectivity index (χ0v) is 11.0. The molecule has 1 saturated heterocycles. The van der Waals surface area contributed by atoms with Gasteiger partial charge in [-0.05, 0) is 31.9 Å². The van der Waals surface area contributed by atoms with E-state index in [-0.39, 0.29) is 11.4 Å². The van der Waals surface area contributed by atoms with Crippen molar-refractivity contribution in [2.24, 2.45) is 0 Å². The third-order valence-electron chi connectivity index (χ3n) is 3.84. The summed E-state index contributed by atoms with van der Waals surface area (Å²) in [6.45, 7) is 3.51. The topological polar surface area (TPSA) is 54.1 Å². The molecule has 0 aliphatic carbocycles. The van der Waals surface area contributed by atoms with Gasteiger partial charge < -0.3 is 15.0 Å². The lowest BCUT2D eigenvalue weighted by atomic mass is 9.92. The van der Waals surface area contributed by atoms with Crippen molar-refractivity contribution < 1.29 is 9.53 Å². The Morgan fingerprint density at radius 3 is 2.89 bits per heavy atom. The summed E-state index contributed by atoms with van der Waals surface area (Å²) < 4.78 is 5.35. The number of aromatic nitrogens is 1. The van der Waals surface area contributed by atoms with Crippen LogP contribution in [0.4, 0.5) is 0 Å². The lowest BCUT2D eigenvalue weighted by molar-refractivity contribution is 0.0423. The Labute approximate surface area is 112 Å². The molecule has 2 aromatic rings. The number of amides is 1. The van der Waals surface area contributed by atoms with Gasteiger partial charge in [0.25, 0.3) is 5.91 Å². The van der Waals surface area contributed by atoms with Crippen molar-refractivity contribution in [1.82, 2.24) is 10.3 Å². The quantitative estimate of drug-likeness (QED) is 0.869. The number of fused-ring (bicyclic) bond motifs is 1. The van der Waals surface area contributed by atoms with Crippen molar-refractivity contribution in [2.45, 2.75) is 25.3 Å². The van der Waals surface area contributed by atoms with Crippen molar-refractivity contribution in [3.63, 3.8) is 0 Å². The minimum atomic E-state index is -0.163. The Hall–Kier alpha value is -1.81. The predicted octanol–water partition coefficient (Wildman–Crippen LogP) is 2.47. The molecular formula is C15H18N2O2. The van der Waals surface area contributed by atoms with E-state index in [2.05, 4.69) is 17.2 Å². The molecule has 0 spiro atoms. The second-order valence-electron chi connectivity index (χ2n) is 5.37. The van der Waals surface area contributed by atoms with Crippen LogP contribution in [-0.2, 0) is 4.74 Å². The van der Waals surface area contributed by atoms with Gasteiger partial charge in [-0.3, -0.25) is 4.79 Å². The maximum atomic E-state index is 12.5. The molecule has 4 nitrogen and oxygen atoms in total. The number of rotatable bonds is 2. The normalized spacial score (nSPS) is 18.4. The second kappa shape index (κ2) is 4.70. The highest BCUT2D eigenvalue weighted by Gasteiger charge is 2.29. The van der Waals surface area contributed by atoms with Gasteiger partial charge >= 0.3 is 0 Å². The molecule has 0 radical (unpaired) electrons. The summed E-state index contributed by atoms with van der Waals surface area (Å²) in [5.74, 6) is -0.0162. The number of H-pyrrole nitrogens is 1. The van der Waals surface area contributed by atoms with E-state index >= 15 is 0 Å². The summed E-state index contributed by atoms with van der Waals surface area (Å²) in [6.07, 6.45) is 3.58. The van der Waals surface area contributed by atoms with Crippen LogP contribution in [0.15, 0.2) is 30.5 Å². The van der Waals surface area contributed by atoms with E-state index in [0.717, 1.165) is 23.7 Å². The average Bonchev–Trinajstić information content (AvgIpc) is 2.86. The Bertz CT molecular complexity index is 597. The molecule has 2 heterocycles. The van der Waals surface area contributed by atoms with Crippen LogP contribution in [0.5, 0.6) is 0 Å². The lowest BCUT2D eigenvalue weighted by Crippen LogP contribution is -2.49.